The summed E-state index contributed by atoms with van der Waals surface area (Å²) in [7, 11) is 1.63. The molecule has 1 atom stereocenters. The maximum Gasteiger partial charge on any atom is 0.238 e. The average Bonchev–Trinajstić information content (AvgIpc) is 3.12. The first-order valence-electron chi connectivity index (χ1n) is 8.68. The Morgan fingerprint density at radius 3 is 2.61 bits per heavy atom. The lowest BCUT2D eigenvalue weighted by Crippen LogP contribution is -2.23. The molecule has 0 aliphatic heterocycles. The fraction of sp³-hybridized carbons (Fsp3) is 0.263. The normalized spacial score (nSPS) is 11.9. The van der Waals surface area contributed by atoms with Gasteiger partial charge in [-0.05, 0) is 50.2 Å². The number of anilines is 1. The summed E-state index contributed by atoms with van der Waals surface area (Å²) in [6.45, 7) is 4.52. The van der Waals surface area contributed by atoms with E-state index in [1.165, 1.54) is 18.0 Å². The number of nitrogens with zero attached hydrogens (tertiary/aromatic N) is 4. The van der Waals surface area contributed by atoms with Crippen LogP contribution in [0.2, 0.25) is 5.02 Å². The van der Waals surface area contributed by atoms with Crippen molar-refractivity contribution in [1.82, 2.24) is 19.7 Å². The van der Waals surface area contributed by atoms with Gasteiger partial charge >= 0.3 is 0 Å². The molecule has 0 spiro atoms. The Hall–Kier alpha value is -2.58. The van der Waals surface area contributed by atoms with Crippen LogP contribution in [-0.2, 0) is 11.3 Å². The Bertz CT molecular complexity index is 944. The minimum Gasteiger partial charge on any atom is -0.497 e. The maximum absolute atomic E-state index is 12.5. The lowest BCUT2D eigenvalue weighted by molar-refractivity contribution is -0.115. The van der Waals surface area contributed by atoms with E-state index in [2.05, 4.69) is 20.5 Å². The van der Waals surface area contributed by atoms with E-state index in [-0.39, 0.29) is 11.2 Å². The summed E-state index contributed by atoms with van der Waals surface area (Å²) in [5, 5.41) is 12.2. The maximum atomic E-state index is 12.5. The molecule has 1 amide bonds. The molecule has 0 saturated heterocycles. The van der Waals surface area contributed by atoms with Crippen LogP contribution < -0.4 is 10.1 Å². The number of ether oxygens (including phenoxy) is 1. The number of rotatable bonds is 7. The lowest BCUT2D eigenvalue weighted by Gasteiger charge is -2.12. The number of benzene rings is 1. The number of hydrogen-bond donors (Lipinski definition) is 1. The van der Waals surface area contributed by atoms with Crippen molar-refractivity contribution in [3.8, 4) is 17.1 Å². The third-order valence-electron chi connectivity index (χ3n) is 4.01. The zero-order valence-electron chi connectivity index (χ0n) is 15.7. The van der Waals surface area contributed by atoms with Crippen LogP contribution in [0.15, 0.2) is 47.8 Å². The van der Waals surface area contributed by atoms with Gasteiger partial charge in [-0.1, -0.05) is 23.4 Å². The highest BCUT2D eigenvalue weighted by molar-refractivity contribution is 8.00. The quantitative estimate of drug-likeness (QED) is 0.582. The molecule has 3 rings (SSSR count). The van der Waals surface area contributed by atoms with Crippen molar-refractivity contribution in [2.75, 3.05) is 12.4 Å². The van der Waals surface area contributed by atoms with Crippen LogP contribution in [0, 0.1) is 0 Å². The predicted octanol–water partition coefficient (Wildman–Crippen LogP) is 4.14. The first-order chi connectivity index (χ1) is 13.5. The summed E-state index contributed by atoms with van der Waals surface area (Å²) in [6.07, 6.45) is 1.49. The molecule has 0 aliphatic carbocycles. The molecular weight excluding hydrogens is 398 g/mol. The van der Waals surface area contributed by atoms with Gasteiger partial charge in [0, 0.05) is 18.3 Å². The van der Waals surface area contributed by atoms with Crippen LogP contribution in [0.3, 0.4) is 0 Å². The number of amides is 1. The molecule has 3 aromatic rings. The Balaban J connectivity index is 1.73. The van der Waals surface area contributed by atoms with Crippen molar-refractivity contribution in [1.29, 1.82) is 0 Å². The largest absolute Gasteiger partial charge is 0.497 e. The second kappa shape index (κ2) is 9.07. The number of halogens is 1. The molecule has 1 N–H and O–H groups in total. The Kier molecular flexibility index (Phi) is 6.53. The van der Waals surface area contributed by atoms with Gasteiger partial charge in [0.2, 0.25) is 5.91 Å². The molecule has 0 aliphatic rings. The summed E-state index contributed by atoms with van der Waals surface area (Å²) in [4.78, 5) is 16.6. The van der Waals surface area contributed by atoms with Crippen molar-refractivity contribution >= 4 is 35.1 Å². The van der Waals surface area contributed by atoms with Crippen LogP contribution in [0.25, 0.3) is 11.4 Å². The molecule has 2 heterocycles. The lowest BCUT2D eigenvalue weighted by atomic mass is 10.2. The number of carbonyl (C=O) groups excluding carboxylic acids is 1. The van der Waals surface area contributed by atoms with E-state index >= 15 is 0 Å². The smallest absolute Gasteiger partial charge is 0.238 e. The van der Waals surface area contributed by atoms with Gasteiger partial charge in [-0.15, -0.1) is 10.2 Å². The van der Waals surface area contributed by atoms with E-state index < -0.39 is 0 Å². The number of pyridine rings is 1. The van der Waals surface area contributed by atoms with E-state index in [1.807, 2.05) is 42.7 Å². The van der Waals surface area contributed by atoms with E-state index in [4.69, 9.17) is 16.3 Å². The van der Waals surface area contributed by atoms with Crippen molar-refractivity contribution in [2.45, 2.75) is 30.8 Å². The Morgan fingerprint density at radius 1 is 1.25 bits per heavy atom. The molecule has 7 nitrogen and oxygen atoms in total. The summed E-state index contributed by atoms with van der Waals surface area (Å²) in [5.41, 5.74) is 0.935. The molecule has 1 aromatic carbocycles. The highest BCUT2D eigenvalue weighted by Gasteiger charge is 2.20. The van der Waals surface area contributed by atoms with Gasteiger partial charge in [0.05, 0.1) is 17.4 Å². The fourth-order valence-electron chi connectivity index (χ4n) is 2.50. The van der Waals surface area contributed by atoms with Gasteiger partial charge in [-0.3, -0.25) is 4.79 Å². The molecule has 9 heteroatoms. The highest BCUT2D eigenvalue weighted by atomic mass is 35.5. The van der Waals surface area contributed by atoms with E-state index in [0.29, 0.717) is 22.5 Å². The zero-order valence-corrected chi connectivity index (χ0v) is 17.3. The minimum absolute atomic E-state index is 0.170. The minimum atomic E-state index is -0.379. The predicted molar refractivity (Wildman–Crippen MR) is 111 cm³/mol. The van der Waals surface area contributed by atoms with Crippen molar-refractivity contribution in [3.63, 3.8) is 0 Å². The highest BCUT2D eigenvalue weighted by Crippen LogP contribution is 2.28. The number of carbonyl (C=O) groups is 1. The third kappa shape index (κ3) is 4.63. The molecule has 2 aromatic heterocycles. The zero-order chi connectivity index (χ0) is 20.1. The number of methoxy groups -OCH3 is 1. The third-order valence-corrected chi connectivity index (χ3v) is 5.32. The van der Waals surface area contributed by atoms with Gasteiger partial charge < -0.3 is 14.6 Å². The molecule has 0 radical (unpaired) electrons. The van der Waals surface area contributed by atoms with Gasteiger partial charge in [0.1, 0.15) is 11.6 Å². The van der Waals surface area contributed by atoms with Crippen LogP contribution in [0.1, 0.15) is 13.8 Å². The van der Waals surface area contributed by atoms with Gasteiger partial charge in [0.15, 0.2) is 11.0 Å². The number of thioether (sulfide) groups is 1. The standard InChI is InChI=1S/C19H20ClN5O2S/c1-4-25-17(13-5-8-15(27-3)9-6-13)23-24-19(25)28-12(2)18(26)22-16-10-7-14(20)11-21-16/h5-12H,4H2,1-3H3,(H,21,22,26)/t12-/m1/s1. The van der Waals surface area contributed by atoms with Gasteiger partial charge in [-0.25, -0.2) is 4.98 Å². The molecule has 0 bridgehead atoms. The number of aromatic nitrogens is 4. The second-order valence-corrected chi connectivity index (χ2v) is 7.63. The molecule has 0 unspecified atom stereocenters. The fourth-order valence-corrected chi connectivity index (χ4v) is 3.53. The monoisotopic (exact) mass is 417 g/mol. The van der Waals surface area contributed by atoms with Crippen molar-refractivity contribution in [2.24, 2.45) is 0 Å². The van der Waals surface area contributed by atoms with Crippen molar-refractivity contribution < 1.29 is 9.53 Å². The van der Waals surface area contributed by atoms with E-state index in [9.17, 15) is 4.79 Å². The Labute approximate surface area is 172 Å². The molecule has 0 saturated carbocycles. The molecule has 146 valence electrons. The van der Waals surface area contributed by atoms with Crippen LogP contribution in [0.4, 0.5) is 5.82 Å². The first-order valence-corrected chi connectivity index (χ1v) is 9.94. The first kappa shape index (κ1) is 20.2. The SMILES string of the molecule is CCn1c(S[C@H](C)C(=O)Nc2ccc(Cl)cn2)nnc1-c1ccc(OC)cc1. The van der Waals surface area contributed by atoms with Crippen LogP contribution in [0.5, 0.6) is 5.75 Å². The molecular formula is C19H20ClN5O2S. The molecule has 0 fully saturated rings. The number of nitrogens with one attached hydrogen (secondary N) is 1. The van der Waals surface area contributed by atoms with Crippen molar-refractivity contribution in [3.05, 3.63) is 47.6 Å². The topological polar surface area (TPSA) is 81.9 Å². The van der Waals surface area contributed by atoms with Gasteiger partial charge in [-0.2, -0.15) is 0 Å². The summed E-state index contributed by atoms with van der Waals surface area (Å²) in [6, 6.07) is 11.0. The van der Waals surface area contributed by atoms with Crippen LogP contribution in [-0.4, -0.2) is 38.0 Å². The Morgan fingerprint density at radius 2 is 2.00 bits per heavy atom. The number of hydrogen-bond acceptors (Lipinski definition) is 6. The van der Waals surface area contributed by atoms with E-state index in [0.717, 1.165) is 17.1 Å². The van der Waals surface area contributed by atoms with Gasteiger partial charge in [0.25, 0.3) is 0 Å². The van der Waals surface area contributed by atoms with Crippen LogP contribution >= 0.6 is 23.4 Å². The van der Waals surface area contributed by atoms with E-state index in [1.54, 1.807) is 19.2 Å². The summed E-state index contributed by atoms with van der Waals surface area (Å²) >= 11 is 7.16. The average molecular weight is 418 g/mol. The second-order valence-electron chi connectivity index (χ2n) is 5.89. The summed E-state index contributed by atoms with van der Waals surface area (Å²) < 4.78 is 7.18. The summed E-state index contributed by atoms with van der Waals surface area (Å²) in [5.74, 6) is 1.82. The molecule has 28 heavy (non-hydrogen) atoms.